The van der Waals surface area contributed by atoms with Gasteiger partial charge < -0.3 is 25.0 Å². The molecule has 1 aromatic heterocycles. The molecule has 1 fully saturated rings. The van der Waals surface area contributed by atoms with Gasteiger partial charge >= 0.3 is 6.03 Å². The zero-order valence-corrected chi connectivity index (χ0v) is 17.5. The number of amides is 3. The molecule has 2 N–H and O–H groups in total. The van der Waals surface area contributed by atoms with E-state index in [0.717, 1.165) is 17.8 Å². The Morgan fingerprint density at radius 3 is 2.78 bits per heavy atom. The van der Waals surface area contributed by atoms with Crippen molar-refractivity contribution in [3.05, 3.63) is 58.3 Å². The van der Waals surface area contributed by atoms with Crippen LogP contribution >= 0.6 is 11.3 Å². The van der Waals surface area contributed by atoms with E-state index in [9.17, 15) is 14.0 Å². The number of benzene rings is 2. The van der Waals surface area contributed by atoms with Gasteiger partial charge in [0, 0.05) is 24.0 Å². The van der Waals surface area contributed by atoms with Gasteiger partial charge in [0.2, 0.25) is 11.8 Å². The van der Waals surface area contributed by atoms with Gasteiger partial charge in [-0.05, 0) is 43.2 Å². The highest BCUT2D eigenvalue weighted by molar-refractivity contribution is 7.13. The number of likely N-dealkylation sites (tertiary alicyclic amines) is 1. The van der Waals surface area contributed by atoms with Crippen LogP contribution in [0.4, 0.5) is 20.6 Å². The van der Waals surface area contributed by atoms with E-state index < -0.39 is 11.7 Å². The number of nitrogens with one attached hydrogen (secondary N) is 2. The van der Waals surface area contributed by atoms with E-state index in [1.54, 1.807) is 29.2 Å². The Balaban J connectivity index is 1.26. The van der Waals surface area contributed by atoms with Crippen molar-refractivity contribution in [3.8, 4) is 11.5 Å². The number of fused-ring (bicyclic) bond motifs is 1. The molecule has 3 amide bonds. The van der Waals surface area contributed by atoms with E-state index in [2.05, 4.69) is 20.8 Å². The smallest absolute Gasteiger partial charge is 0.322 e. The van der Waals surface area contributed by atoms with Crippen molar-refractivity contribution in [3.63, 3.8) is 0 Å². The molecule has 0 radical (unpaired) electrons. The van der Waals surface area contributed by atoms with Crippen molar-refractivity contribution < 1.29 is 23.5 Å². The predicted octanol–water partition coefficient (Wildman–Crippen LogP) is 4.03. The van der Waals surface area contributed by atoms with Crippen molar-refractivity contribution in [2.45, 2.75) is 18.9 Å². The number of halogens is 1. The molecule has 0 bridgehead atoms. The highest BCUT2D eigenvalue weighted by Gasteiger charge is 2.33. The van der Waals surface area contributed by atoms with E-state index in [1.807, 2.05) is 0 Å². The first-order chi connectivity index (χ1) is 15.6. The average Bonchev–Trinajstić information content (AvgIpc) is 3.52. The largest absolute Gasteiger partial charge is 0.454 e. The van der Waals surface area contributed by atoms with Crippen LogP contribution in [-0.4, -0.2) is 40.4 Å². The standard InChI is InChI=1S/C21H18FN5O4S/c22-12-3-1-4-13(9-12)24-21(29)27-8-2-5-15(27)19-25-26-20(32-19)18(28)23-14-6-7-16-17(10-14)31-11-30-16/h1,3-4,6-7,9-10,15H,2,5,8,11H2,(H,23,28)(H,24,29)/t15-/m1/s1. The maximum absolute atomic E-state index is 13.4. The van der Waals surface area contributed by atoms with E-state index in [1.165, 1.54) is 18.2 Å². The van der Waals surface area contributed by atoms with Crippen LogP contribution in [0.1, 0.15) is 33.7 Å². The summed E-state index contributed by atoms with van der Waals surface area (Å²) in [7, 11) is 0. The first-order valence-electron chi connectivity index (χ1n) is 9.94. The molecule has 11 heteroatoms. The third kappa shape index (κ3) is 4.06. The molecule has 1 saturated heterocycles. The summed E-state index contributed by atoms with van der Waals surface area (Å²) < 4.78 is 24.0. The second-order valence-corrected chi connectivity index (χ2v) is 8.27. The van der Waals surface area contributed by atoms with E-state index in [-0.39, 0.29) is 23.9 Å². The quantitative estimate of drug-likeness (QED) is 0.615. The Bertz CT molecular complexity index is 1190. The van der Waals surface area contributed by atoms with Crippen LogP contribution in [0.5, 0.6) is 11.5 Å². The van der Waals surface area contributed by atoms with Crippen molar-refractivity contribution in [2.24, 2.45) is 0 Å². The maximum atomic E-state index is 13.4. The summed E-state index contributed by atoms with van der Waals surface area (Å²) in [5, 5.41) is 14.4. The molecular formula is C21H18FN5O4S. The van der Waals surface area contributed by atoms with Gasteiger partial charge in [0.15, 0.2) is 11.5 Å². The summed E-state index contributed by atoms with van der Waals surface area (Å²) in [5.41, 5.74) is 0.926. The number of carbonyl (C=O) groups excluding carboxylic acids is 2. The minimum atomic E-state index is -0.428. The SMILES string of the molecule is O=C(Nc1ccc2c(c1)OCO2)c1nnc([C@H]2CCCN2C(=O)Nc2cccc(F)c2)s1. The third-order valence-electron chi connectivity index (χ3n) is 5.14. The normalized spacial score (nSPS) is 16.8. The van der Waals surface area contributed by atoms with Crippen molar-refractivity contribution >= 4 is 34.6 Å². The fraction of sp³-hybridized carbons (Fsp3) is 0.238. The number of aromatic nitrogens is 2. The Morgan fingerprint density at radius 1 is 1.06 bits per heavy atom. The number of urea groups is 1. The van der Waals surface area contributed by atoms with Crippen molar-refractivity contribution in [1.82, 2.24) is 15.1 Å². The topological polar surface area (TPSA) is 106 Å². The number of rotatable bonds is 4. The molecule has 32 heavy (non-hydrogen) atoms. The molecule has 3 aromatic rings. The summed E-state index contributed by atoms with van der Waals surface area (Å²) in [6.45, 7) is 0.682. The van der Waals surface area contributed by atoms with E-state index in [4.69, 9.17) is 9.47 Å². The molecule has 0 spiro atoms. The summed E-state index contributed by atoms with van der Waals surface area (Å²) in [5.74, 6) is 0.357. The second-order valence-electron chi connectivity index (χ2n) is 7.26. The zero-order valence-electron chi connectivity index (χ0n) is 16.7. The van der Waals surface area contributed by atoms with Gasteiger partial charge in [-0.1, -0.05) is 17.4 Å². The molecule has 3 heterocycles. The summed E-state index contributed by atoms with van der Waals surface area (Å²) >= 11 is 1.14. The Hall–Kier alpha value is -3.73. The van der Waals surface area contributed by atoms with Crippen LogP contribution in [0.3, 0.4) is 0 Å². The van der Waals surface area contributed by atoms with Crippen LogP contribution in [0.15, 0.2) is 42.5 Å². The molecule has 2 aromatic carbocycles. The fourth-order valence-corrected chi connectivity index (χ4v) is 4.53. The van der Waals surface area contributed by atoms with Gasteiger partial charge in [0.05, 0.1) is 6.04 Å². The molecule has 1 atom stereocenters. The number of anilines is 2. The van der Waals surface area contributed by atoms with Crippen LogP contribution in [-0.2, 0) is 0 Å². The number of hydrogen-bond acceptors (Lipinski definition) is 7. The fourth-order valence-electron chi connectivity index (χ4n) is 3.65. The van der Waals surface area contributed by atoms with Gasteiger partial charge in [-0.2, -0.15) is 0 Å². The van der Waals surface area contributed by atoms with E-state index in [0.29, 0.717) is 40.8 Å². The van der Waals surface area contributed by atoms with Crippen LogP contribution in [0, 0.1) is 5.82 Å². The maximum Gasteiger partial charge on any atom is 0.322 e. The first-order valence-corrected chi connectivity index (χ1v) is 10.8. The molecule has 0 saturated carbocycles. The van der Waals surface area contributed by atoms with Gasteiger partial charge in [0.1, 0.15) is 10.8 Å². The van der Waals surface area contributed by atoms with Gasteiger partial charge in [-0.15, -0.1) is 10.2 Å². The monoisotopic (exact) mass is 455 g/mol. The lowest BCUT2D eigenvalue weighted by Gasteiger charge is -2.23. The molecule has 2 aliphatic rings. The van der Waals surface area contributed by atoms with Gasteiger partial charge in [0.25, 0.3) is 5.91 Å². The third-order valence-corrected chi connectivity index (χ3v) is 6.16. The van der Waals surface area contributed by atoms with Gasteiger partial charge in [-0.3, -0.25) is 4.79 Å². The minimum Gasteiger partial charge on any atom is -0.454 e. The number of ether oxygens (including phenoxy) is 2. The van der Waals surface area contributed by atoms with Crippen LogP contribution in [0.2, 0.25) is 0 Å². The Kier molecular flexibility index (Phi) is 5.31. The molecule has 0 aliphatic carbocycles. The lowest BCUT2D eigenvalue weighted by molar-refractivity contribution is 0.102. The molecule has 164 valence electrons. The van der Waals surface area contributed by atoms with Crippen molar-refractivity contribution in [1.29, 1.82) is 0 Å². The number of nitrogens with zero attached hydrogens (tertiary/aromatic N) is 3. The number of carbonyl (C=O) groups is 2. The predicted molar refractivity (Wildman–Crippen MR) is 115 cm³/mol. The first kappa shape index (κ1) is 20.2. The van der Waals surface area contributed by atoms with Crippen LogP contribution in [0.25, 0.3) is 0 Å². The number of hydrogen-bond donors (Lipinski definition) is 2. The Labute approximate surface area is 186 Å². The average molecular weight is 455 g/mol. The molecule has 9 nitrogen and oxygen atoms in total. The highest BCUT2D eigenvalue weighted by atomic mass is 32.1. The minimum absolute atomic E-state index is 0.150. The van der Waals surface area contributed by atoms with Crippen molar-refractivity contribution in [2.75, 3.05) is 24.0 Å². The van der Waals surface area contributed by atoms with Gasteiger partial charge in [-0.25, -0.2) is 9.18 Å². The lowest BCUT2D eigenvalue weighted by atomic mass is 10.2. The lowest BCUT2D eigenvalue weighted by Crippen LogP contribution is -2.34. The van der Waals surface area contributed by atoms with E-state index >= 15 is 0 Å². The second kappa shape index (κ2) is 8.42. The molecule has 2 aliphatic heterocycles. The Morgan fingerprint density at radius 2 is 1.91 bits per heavy atom. The zero-order chi connectivity index (χ0) is 22.1. The molecule has 5 rings (SSSR count). The summed E-state index contributed by atoms with van der Waals surface area (Å²) in [4.78, 5) is 27.0. The summed E-state index contributed by atoms with van der Waals surface area (Å²) in [6.07, 6.45) is 1.49. The summed E-state index contributed by atoms with van der Waals surface area (Å²) in [6, 6.07) is 10.2. The molecule has 0 unspecified atom stereocenters. The molecular weight excluding hydrogens is 437 g/mol. The van der Waals surface area contributed by atoms with Crippen LogP contribution < -0.4 is 20.1 Å². The highest BCUT2D eigenvalue weighted by Crippen LogP contribution is 2.36.